The molecule has 0 saturated carbocycles. The van der Waals surface area contributed by atoms with Crippen molar-refractivity contribution in [2.24, 2.45) is 0 Å². The maximum absolute atomic E-state index is 12.2. The van der Waals surface area contributed by atoms with E-state index in [1.165, 1.54) is 25.6 Å². The van der Waals surface area contributed by atoms with Gasteiger partial charge in [0.05, 0.1) is 0 Å². The molecule has 2 aromatic rings. The van der Waals surface area contributed by atoms with E-state index in [0.717, 1.165) is 30.7 Å². The summed E-state index contributed by atoms with van der Waals surface area (Å²) in [4.78, 5) is 22.9. The summed E-state index contributed by atoms with van der Waals surface area (Å²) < 4.78 is 0.910. The van der Waals surface area contributed by atoms with E-state index in [0.29, 0.717) is 22.9 Å². The van der Waals surface area contributed by atoms with Crippen LogP contribution in [0.5, 0.6) is 0 Å². The van der Waals surface area contributed by atoms with E-state index in [4.69, 9.17) is 5.73 Å². The second kappa shape index (κ2) is 9.52. The average molecular weight is 434 g/mol. The second-order valence-electron chi connectivity index (χ2n) is 6.40. The highest BCUT2D eigenvalue weighted by atomic mass is 79.9. The summed E-state index contributed by atoms with van der Waals surface area (Å²) in [5.41, 5.74) is 12.4. The van der Waals surface area contributed by atoms with Gasteiger partial charge in [-0.2, -0.15) is 0 Å². The average Bonchev–Trinajstić information content (AvgIpc) is 2.69. The van der Waals surface area contributed by atoms with Gasteiger partial charge >= 0.3 is 0 Å². The van der Waals surface area contributed by atoms with E-state index >= 15 is 0 Å². The lowest BCUT2D eigenvalue weighted by molar-refractivity contribution is 0.0962. The molecular weight excluding hydrogens is 410 g/mol. The van der Waals surface area contributed by atoms with Gasteiger partial charge in [-0.1, -0.05) is 22.4 Å². The third-order valence-corrected chi connectivity index (χ3v) is 4.98. The largest absolute Gasteiger partial charge is 0.393 e. The lowest BCUT2D eigenvalue weighted by atomic mass is 10.1. The monoisotopic (exact) mass is 433 g/mol. The van der Waals surface area contributed by atoms with Crippen LogP contribution < -0.4 is 21.9 Å². The maximum Gasteiger partial charge on any atom is 0.269 e. The Morgan fingerprint density at radius 3 is 2.56 bits per heavy atom. The van der Waals surface area contributed by atoms with E-state index in [9.17, 15) is 4.79 Å². The quantitative estimate of drug-likeness (QED) is 0.496. The van der Waals surface area contributed by atoms with Crippen molar-refractivity contribution in [3.63, 3.8) is 0 Å². The number of amides is 1. The Hall–Kier alpha value is -2.39. The Bertz CT molecular complexity index is 763. The Morgan fingerprint density at radius 2 is 1.81 bits per heavy atom. The molecule has 27 heavy (non-hydrogen) atoms. The van der Waals surface area contributed by atoms with E-state index in [1.54, 1.807) is 24.3 Å². The van der Waals surface area contributed by atoms with E-state index < -0.39 is 0 Å². The van der Waals surface area contributed by atoms with Crippen LogP contribution in [0, 0.1) is 0 Å². The van der Waals surface area contributed by atoms with Crippen LogP contribution in [0.1, 0.15) is 29.6 Å². The number of hydrazine groups is 1. The summed E-state index contributed by atoms with van der Waals surface area (Å²) in [6.45, 7) is 4.00. The van der Waals surface area contributed by atoms with Gasteiger partial charge in [-0.3, -0.25) is 15.6 Å². The van der Waals surface area contributed by atoms with Gasteiger partial charge in [0.1, 0.15) is 12.0 Å². The fraction of sp³-hybridized carbons (Fsp3) is 0.389. The minimum absolute atomic E-state index is 0.278. The molecule has 1 aliphatic rings. The molecule has 1 fully saturated rings. The van der Waals surface area contributed by atoms with Crippen LogP contribution in [0.3, 0.4) is 0 Å². The molecule has 8 nitrogen and oxygen atoms in total. The van der Waals surface area contributed by atoms with Crippen molar-refractivity contribution in [3.8, 4) is 0 Å². The summed E-state index contributed by atoms with van der Waals surface area (Å²) in [7, 11) is 0. The van der Waals surface area contributed by atoms with Gasteiger partial charge in [-0.05, 0) is 50.2 Å². The van der Waals surface area contributed by atoms with Crippen LogP contribution in [0.25, 0.3) is 0 Å². The molecule has 1 saturated heterocycles. The molecule has 5 N–H and O–H groups in total. The molecule has 9 heteroatoms. The highest BCUT2D eigenvalue weighted by molar-refractivity contribution is 9.10. The molecule has 3 rings (SSSR count). The molecule has 1 aliphatic heterocycles. The number of piperidine rings is 1. The number of carbonyl (C=O) groups excluding carboxylic acids is 1. The number of aromatic nitrogens is 2. The van der Waals surface area contributed by atoms with Crippen molar-refractivity contribution < 1.29 is 4.79 Å². The third kappa shape index (κ3) is 5.54. The van der Waals surface area contributed by atoms with Gasteiger partial charge in [0.2, 0.25) is 0 Å². The lowest BCUT2D eigenvalue weighted by Crippen LogP contribution is -2.34. The van der Waals surface area contributed by atoms with Crippen LogP contribution in [0.4, 0.5) is 17.3 Å². The third-order valence-electron chi connectivity index (χ3n) is 4.45. The first-order valence-corrected chi connectivity index (χ1v) is 9.81. The predicted molar refractivity (Wildman–Crippen MR) is 110 cm³/mol. The number of hydrogen-bond acceptors (Lipinski definition) is 7. The molecule has 1 aromatic heterocycles. The van der Waals surface area contributed by atoms with Crippen LogP contribution in [0.15, 0.2) is 35.1 Å². The van der Waals surface area contributed by atoms with Gasteiger partial charge in [0.25, 0.3) is 5.91 Å². The first-order chi connectivity index (χ1) is 13.1. The molecule has 0 aliphatic carbocycles. The molecule has 144 valence electrons. The Morgan fingerprint density at radius 1 is 1.11 bits per heavy atom. The minimum atomic E-state index is -0.278. The Labute approximate surface area is 167 Å². The number of rotatable bonds is 7. The van der Waals surface area contributed by atoms with Crippen LogP contribution >= 0.6 is 15.9 Å². The van der Waals surface area contributed by atoms with Gasteiger partial charge in [-0.25, -0.2) is 9.97 Å². The van der Waals surface area contributed by atoms with Crippen molar-refractivity contribution in [2.75, 3.05) is 42.7 Å². The van der Waals surface area contributed by atoms with Crippen molar-refractivity contribution in [1.82, 2.24) is 20.3 Å². The summed E-state index contributed by atoms with van der Waals surface area (Å²) in [6, 6.07) is 7.05. The molecular formula is C18H24BrN7O. The van der Waals surface area contributed by atoms with Crippen molar-refractivity contribution in [1.29, 1.82) is 0 Å². The SMILES string of the molecule is Nc1c(NCCN2CCCCC2)ncnc1NNC(=O)c1ccc(Br)cc1. The molecule has 0 spiro atoms. The molecule has 0 unspecified atom stereocenters. The number of halogens is 1. The van der Waals surface area contributed by atoms with Crippen molar-refractivity contribution >= 4 is 39.2 Å². The van der Waals surface area contributed by atoms with E-state index in [-0.39, 0.29) is 5.91 Å². The topological polar surface area (TPSA) is 108 Å². The smallest absolute Gasteiger partial charge is 0.269 e. The standard InChI is InChI=1S/C18H24BrN7O/c19-14-6-4-13(5-7-14)18(27)25-24-17-15(20)16(22-12-23-17)21-8-11-26-9-2-1-3-10-26/h4-7,12H,1-3,8-11,20H2,(H,25,27)(H2,21,22,23,24). The second-order valence-corrected chi connectivity index (χ2v) is 7.32. The fourth-order valence-electron chi connectivity index (χ4n) is 2.94. The lowest BCUT2D eigenvalue weighted by Gasteiger charge is -2.26. The molecule has 1 aromatic carbocycles. The summed E-state index contributed by atoms with van der Waals surface area (Å²) in [6.07, 6.45) is 5.26. The van der Waals surface area contributed by atoms with Gasteiger partial charge in [0.15, 0.2) is 11.6 Å². The minimum Gasteiger partial charge on any atom is -0.393 e. The highest BCUT2D eigenvalue weighted by Gasteiger charge is 2.12. The van der Waals surface area contributed by atoms with Crippen LogP contribution in [0.2, 0.25) is 0 Å². The molecule has 2 heterocycles. The Balaban J connectivity index is 1.52. The first-order valence-electron chi connectivity index (χ1n) is 9.02. The fourth-order valence-corrected chi connectivity index (χ4v) is 3.21. The van der Waals surface area contributed by atoms with Gasteiger partial charge in [-0.15, -0.1) is 0 Å². The van der Waals surface area contributed by atoms with Crippen LogP contribution in [-0.2, 0) is 0 Å². The van der Waals surface area contributed by atoms with E-state index in [2.05, 4.69) is 47.0 Å². The number of nitrogens with two attached hydrogens (primary N) is 1. The normalized spacial score (nSPS) is 14.6. The number of nitrogen functional groups attached to an aromatic ring is 1. The van der Waals surface area contributed by atoms with Gasteiger partial charge in [0, 0.05) is 23.1 Å². The molecule has 0 atom stereocenters. The number of anilines is 3. The number of nitrogens with zero attached hydrogens (tertiary/aromatic N) is 3. The number of benzene rings is 1. The summed E-state index contributed by atoms with van der Waals surface area (Å²) in [5.74, 6) is 0.637. The number of hydrogen-bond donors (Lipinski definition) is 4. The highest BCUT2D eigenvalue weighted by Crippen LogP contribution is 2.21. The summed E-state index contributed by atoms with van der Waals surface area (Å²) >= 11 is 3.34. The number of carbonyl (C=O) groups is 1. The predicted octanol–water partition coefficient (Wildman–Crippen LogP) is 2.48. The Kier molecular flexibility index (Phi) is 6.83. The zero-order chi connectivity index (χ0) is 19.1. The maximum atomic E-state index is 12.2. The zero-order valence-electron chi connectivity index (χ0n) is 15.0. The molecule has 1 amide bonds. The van der Waals surface area contributed by atoms with Gasteiger partial charge < -0.3 is 16.0 Å². The van der Waals surface area contributed by atoms with Crippen molar-refractivity contribution in [2.45, 2.75) is 19.3 Å². The first kappa shape index (κ1) is 19.4. The van der Waals surface area contributed by atoms with Crippen LogP contribution in [-0.4, -0.2) is 47.0 Å². The zero-order valence-corrected chi connectivity index (χ0v) is 16.6. The van der Waals surface area contributed by atoms with E-state index in [1.807, 2.05) is 0 Å². The van der Waals surface area contributed by atoms with Crippen molar-refractivity contribution in [3.05, 3.63) is 40.6 Å². The molecule has 0 bridgehead atoms. The molecule has 0 radical (unpaired) electrons. The summed E-state index contributed by atoms with van der Waals surface area (Å²) in [5, 5.41) is 3.25. The number of likely N-dealkylation sites (tertiary alicyclic amines) is 1. The number of nitrogens with one attached hydrogen (secondary N) is 3.